The van der Waals surface area contributed by atoms with Crippen molar-refractivity contribution < 1.29 is 25.2 Å². The van der Waals surface area contributed by atoms with Crippen LogP contribution in [-0.4, -0.2) is 51.6 Å². The number of rotatable bonds is 0. The van der Waals surface area contributed by atoms with Crippen molar-refractivity contribution in [1.82, 2.24) is 0 Å². The maximum atomic E-state index is 9.22. The third kappa shape index (κ3) is 1.94. The van der Waals surface area contributed by atoms with Crippen LogP contribution >= 0.6 is 0 Å². The van der Waals surface area contributed by atoms with Crippen LogP contribution in [0, 0.1) is 0 Å². The van der Waals surface area contributed by atoms with E-state index in [1.54, 1.807) is 0 Å². The number of hydrogen-bond acceptors (Lipinski definition) is 5. The Labute approximate surface area is 70.2 Å². The molecule has 0 spiro atoms. The Morgan fingerprint density at radius 2 is 1.42 bits per heavy atom. The van der Waals surface area contributed by atoms with Gasteiger partial charge in [-0.25, -0.2) is 0 Å². The minimum Gasteiger partial charge on any atom is -0.387 e. The Bertz CT molecular complexity index is 133. The molecule has 0 saturated carbocycles. The van der Waals surface area contributed by atoms with Gasteiger partial charge in [0.05, 0.1) is 0 Å². The fourth-order valence-electron chi connectivity index (χ4n) is 1.14. The van der Waals surface area contributed by atoms with E-state index < -0.39 is 18.0 Å². The van der Waals surface area contributed by atoms with Crippen LogP contribution in [0.3, 0.4) is 0 Å². The molecule has 2 atom stereocenters. The molecule has 0 aliphatic carbocycles. The Kier molecular flexibility index (Phi) is 3.03. The van der Waals surface area contributed by atoms with E-state index in [1.165, 1.54) is 0 Å². The van der Waals surface area contributed by atoms with Crippen molar-refractivity contribution in [3.63, 3.8) is 0 Å². The summed E-state index contributed by atoms with van der Waals surface area (Å²) in [5.74, 6) is -2.40. The highest BCUT2D eigenvalue weighted by atomic mass is 16.5. The van der Waals surface area contributed by atoms with Gasteiger partial charge in [-0.3, -0.25) is 0 Å². The van der Waals surface area contributed by atoms with E-state index in [2.05, 4.69) is 0 Å². The van der Waals surface area contributed by atoms with Crippen molar-refractivity contribution in [3.05, 3.63) is 0 Å². The highest BCUT2D eigenvalue weighted by Crippen LogP contribution is 2.19. The number of hydrogen-bond donors (Lipinski definition) is 4. The van der Waals surface area contributed by atoms with Gasteiger partial charge in [0, 0.05) is 26.1 Å². The minimum absolute atomic E-state index is 0.115. The molecule has 0 aromatic heterocycles. The molecule has 0 aromatic rings. The molecule has 12 heavy (non-hydrogen) atoms. The summed E-state index contributed by atoms with van der Waals surface area (Å²) in [6, 6.07) is 0. The molecule has 1 heterocycles. The van der Waals surface area contributed by atoms with Crippen LogP contribution in [0.4, 0.5) is 0 Å². The van der Waals surface area contributed by atoms with Crippen molar-refractivity contribution >= 4 is 0 Å². The molecule has 1 aliphatic rings. The first-order valence-electron chi connectivity index (χ1n) is 3.93. The maximum Gasteiger partial charge on any atom is 0.216 e. The van der Waals surface area contributed by atoms with Crippen molar-refractivity contribution in [2.75, 3.05) is 13.2 Å². The van der Waals surface area contributed by atoms with E-state index in [-0.39, 0.29) is 26.1 Å². The normalized spacial score (nSPS) is 37.0. The van der Waals surface area contributed by atoms with Crippen LogP contribution < -0.4 is 0 Å². The van der Waals surface area contributed by atoms with Crippen LogP contribution in [0.1, 0.15) is 12.8 Å². The SMILES string of the molecule is OC1CCOCCC(O)C1(O)O. The molecule has 0 bridgehead atoms. The fraction of sp³-hybridized carbons (Fsp3) is 1.00. The van der Waals surface area contributed by atoms with E-state index in [1.807, 2.05) is 0 Å². The molecular formula is C7H14O5. The summed E-state index contributed by atoms with van der Waals surface area (Å²) in [4.78, 5) is 0. The molecule has 2 unspecified atom stereocenters. The van der Waals surface area contributed by atoms with Crippen LogP contribution in [0.15, 0.2) is 0 Å². The van der Waals surface area contributed by atoms with Crippen LogP contribution in [-0.2, 0) is 4.74 Å². The summed E-state index contributed by atoms with van der Waals surface area (Å²) < 4.78 is 4.97. The second-order valence-corrected chi connectivity index (χ2v) is 3.00. The van der Waals surface area contributed by atoms with Crippen LogP contribution in [0.5, 0.6) is 0 Å². The van der Waals surface area contributed by atoms with Crippen LogP contribution in [0.2, 0.25) is 0 Å². The monoisotopic (exact) mass is 178 g/mol. The molecule has 1 saturated heterocycles. The summed E-state index contributed by atoms with van der Waals surface area (Å²) >= 11 is 0. The van der Waals surface area contributed by atoms with Gasteiger partial charge in [0.2, 0.25) is 5.79 Å². The quantitative estimate of drug-likeness (QED) is 0.329. The lowest BCUT2D eigenvalue weighted by atomic mass is 9.98. The lowest BCUT2D eigenvalue weighted by Crippen LogP contribution is -2.53. The predicted octanol–water partition coefficient (Wildman–Crippen LogP) is -1.80. The number of ether oxygens (including phenoxy) is 1. The Balaban J connectivity index is 2.62. The van der Waals surface area contributed by atoms with Gasteiger partial charge in [-0.05, 0) is 0 Å². The van der Waals surface area contributed by atoms with Gasteiger partial charge < -0.3 is 25.2 Å². The molecule has 72 valence electrons. The smallest absolute Gasteiger partial charge is 0.216 e. The average molecular weight is 178 g/mol. The summed E-state index contributed by atoms with van der Waals surface area (Å²) in [5.41, 5.74) is 0. The standard InChI is InChI=1S/C7H14O5/c8-5-1-3-12-4-2-6(9)7(5,10)11/h5-6,8-11H,1-4H2. The van der Waals surface area contributed by atoms with E-state index >= 15 is 0 Å². The number of aliphatic hydroxyl groups is 4. The third-order valence-electron chi connectivity index (χ3n) is 2.05. The van der Waals surface area contributed by atoms with Gasteiger partial charge in [0.15, 0.2) is 0 Å². The highest BCUT2D eigenvalue weighted by Gasteiger charge is 2.41. The van der Waals surface area contributed by atoms with Gasteiger partial charge >= 0.3 is 0 Å². The Morgan fingerprint density at radius 1 is 1.00 bits per heavy atom. The minimum atomic E-state index is -2.40. The zero-order chi connectivity index (χ0) is 9.19. The Hall–Kier alpha value is -0.200. The van der Waals surface area contributed by atoms with E-state index in [4.69, 9.17) is 4.74 Å². The highest BCUT2D eigenvalue weighted by molar-refractivity contribution is 4.83. The third-order valence-corrected chi connectivity index (χ3v) is 2.05. The molecule has 5 nitrogen and oxygen atoms in total. The lowest BCUT2D eigenvalue weighted by molar-refractivity contribution is -0.284. The molecule has 1 fully saturated rings. The lowest BCUT2D eigenvalue weighted by Gasteiger charge is -2.33. The topological polar surface area (TPSA) is 90.2 Å². The second kappa shape index (κ2) is 3.68. The van der Waals surface area contributed by atoms with E-state index in [9.17, 15) is 20.4 Å². The molecule has 0 amide bonds. The molecule has 5 heteroatoms. The average Bonchev–Trinajstić information content (AvgIpc) is 2.01. The Morgan fingerprint density at radius 3 is 1.83 bits per heavy atom. The molecular weight excluding hydrogens is 164 g/mol. The number of aliphatic hydroxyl groups excluding tert-OH is 2. The molecule has 0 aromatic carbocycles. The largest absolute Gasteiger partial charge is 0.387 e. The van der Waals surface area contributed by atoms with E-state index in [0.29, 0.717) is 0 Å². The van der Waals surface area contributed by atoms with E-state index in [0.717, 1.165) is 0 Å². The zero-order valence-corrected chi connectivity index (χ0v) is 6.68. The second-order valence-electron chi connectivity index (χ2n) is 3.00. The van der Waals surface area contributed by atoms with Gasteiger partial charge in [0.1, 0.15) is 12.2 Å². The first kappa shape index (κ1) is 9.88. The van der Waals surface area contributed by atoms with Gasteiger partial charge in [-0.2, -0.15) is 0 Å². The summed E-state index contributed by atoms with van der Waals surface area (Å²) in [7, 11) is 0. The summed E-state index contributed by atoms with van der Waals surface area (Å²) in [5, 5.41) is 36.8. The predicted molar refractivity (Wildman–Crippen MR) is 39.2 cm³/mol. The van der Waals surface area contributed by atoms with Crippen LogP contribution in [0.25, 0.3) is 0 Å². The van der Waals surface area contributed by atoms with Gasteiger partial charge in [0.25, 0.3) is 0 Å². The van der Waals surface area contributed by atoms with Crippen molar-refractivity contribution in [2.45, 2.75) is 30.8 Å². The van der Waals surface area contributed by atoms with Gasteiger partial charge in [-0.15, -0.1) is 0 Å². The summed E-state index contributed by atoms with van der Waals surface area (Å²) in [6.45, 7) is 0.549. The molecule has 4 N–H and O–H groups in total. The zero-order valence-electron chi connectivity index (χ0n) is 6.68. The van der Waals surface area contributed by atoms with Crippen molar-refractivity contribution in [2.24, 2.45) is 0 Å². The fourth-order valence-corrected chi connectivity index (χ4v) is 1.14. The first-order chi connectivity index (χ1) is 5.55. The maximum absolute atomic E-state index is 9.22. The molecule has 0 radical (unpaired) electrons. The molecule has 1 aliphatic heterocycles. The molecule has 1 rings (SSSR count). The van der Waals surface area contributed by atoms with Gasteiger partial charge in [-0.1, -0.05) is 0 Å². The first-order valence-corrected chi connectivity index (χ1v) is 3.93. The van der Waals surface area contributed by atoms with Crippen molar-refractivity contribution in [1.29, 1.82) is 0 Å². The van der Waals surface area contributed by atoms with Crippen molar-refractivity contribution in [3.8, 4) is 0 Å². The summed E-state index contributed by atoms with van der Waals surface area (Å²) in [6.07, 6.45) is -2.48.